The fourth-order valence-electron chi connectivity index (χ4n) is 3.67. The lowest BCUT2D eigenvalue weighted by Crippen LogP contribution is -2.48. The van der Waals surface area contributed by atoms with Gasteiger partial charge >= 0.3 is 6.09 Å². The Morgan fingerprint density at radius 3 is 2.44 bits per heavy atom. The van der Waals surface area contributed by atoms with E-state index in [2.05, 4.69) is 30.9 Å². The largest absolute Gasteiger partial charge is 0.445 e. The van der Waals surface area contributed by atoms with Gasteiger partial charge in [0.15, 0.2) is 0 Å². The summed E-state index contributed by atoms with van der Waals surface area (Å²) in [4.78, 5) is 16.5. The third-order valence-electron chi connectivity index (χ3n) is 5.23. The normalized spacial score (nSPS) is 15.0. The number of hydrogen-bond acceptors (Lipinski definition) is 3. The molecule has 1 aliphatic heterocycles. The Morgan fingerprint density at radius 2 is 1.78 bits per heavy atom. The molecule has 1 amide bonds. The maximum atomic E-state index is 12.3. The molecule has 0 unspecified atom stereocenters. The second kappa shape index (κ2) is 9.56. The average molecular weight is 365 g/mol. The monoisotopic (exact) mass is 365 g/mol. The van der Waals surface area contributed by atoms with Gasteiger partial charge in [0, 0.05) is 32.7 Å². The zero-order valence-corrected chi connectivity index (χ0v) is 16.4. The first-order valence-corrected chi connectivity index (χ1v) is 9.90. The summed E-state index contributed by atoms with van der Waals surface area (Å²) >= 11 is 0. The van der Waals surface area contributed by atoms with Crippen molar-refractivity contribution in [3.63, 3.8) is 0 Å². The molecule has 2 aromatic carbocycles. The lowest BCUT2D eigenvalue weighted by molar-refractivity contribution is 0.0700. The Kier molecular flexibility index (Phi) is 6.88. The van der Waals surface area contributed by atoms with E-state index in [9.17, 15) is 4.79 Å². The minimum atomic E-state index is -0.213. The van der Waals surface area contributed by atoms with Gasteiger partial charge in [0.1, 0.15) is 6.61 Å². The average Bonchev–Trinajstić information content (AvgIpc) is 2.73. The molecule has 4 nitrogen and oxygen atoms in total. The van der Waals surface area contributed by atoms with Crippen molar-refractivity contribution in [1.29, 1.82) is 0 Å². The van der Waals surface area contributed by atoms with Crippen LogP contribution >= 0.6 is 0 Å². The lowest BCUT2D eigenvalue weighted by Gasteiger charge is -2.34. The number of amides is 1. The molecule has 1 saturated heterocycles. The molecule has 0 N–H and O–H groups in total. The highest BCUT2D eigenvalue weighted by Crippen LogP contribution is 2.19. The fourth-order valence-corrected chi connectivity index (χ4v) is 3.67. The summed E-state index contributed by atoms with van der Waals surface area (Å²) in [7, 11) is 0. The lowest BCUT2D eigenvalue weighted by atomic mass is 9.96. The van der Waals surface area contributed by atoms with Crippen LogP contribution in [0.4, 0.5) is 4.79 Å². The van der Waals surface area contributed by atoms with Crippen molar-refractivity contribution in [3.8, 4) is 0 Å². The molecule has 4 heteroatoms. The summed E-state index contributed by atoms with van der Waals surface area (Å²) in [5.41, 5.74) is 5.18. The Balaban J connectivity index is 1.50. The number of aryl methyl sites for hydroxylation is 1. The van der Waals surface area contributed by atoms with Gasteiger partial charge in [-0.3, -0.25) is 4.90 Å². The molecule has 0 aliphatic carbocycles. The molecule has 0 aromatic heterocycles. The molecular formula is C23H29N2O2. The van der Waals surface area contributed by atoms with Crippen molar-refractivity contribution in [1.82, 2.24) is 9.80 Å². The van der Waals surface area contributed by atoms with Crippen LogP contribution < -0.4 is 0 Å². The van der Waals surface area contributed by atoms with Gasteiger partial charge in [0.2, 0.25) is 0 Å². The molecule has 0 spiro atoms. The first-order valence-electron chi connectivity index (χ1n) is 9.90. The van der Waals surface area contributed by atoms with Crippen LogP contribution in [0.5, 0.6) is 0 Å². The number of carbonyl (C=O) groups excluding carboxylic acids is 1. The zero-order chi connectivity index (χ0) is 19.1. The predicted molar refractivity (Wildman–Crippen MR) is 108 cm³/mol. The summed E-state index contributed by atoms with van der Waals surface area (Å²) in [6, 6.07) is 17.4. The van der Waals surface area contributed by atoms with Gasteiger partial charge in [-0.25, -0.2) is 4.79 Å². The van der Waals surface area contributed by atoms with Crippen molar-refractivity contribution >= 4 is 6.09 Å². The van der Waals surface area contributed by atoms with Crippen molar-refractivity contribution in [2.75, 3.05) is 26.2 Å². The van der Waals surface area contributed by atoms with Gasteiger partial charge in [0.05, 0.1) is 0 Å². The summed E-state index contributed by atoms with van der Waals surface area (Å²) in [5, 5.41) is 0. The molecule has 2 aromatic rings. The van der Waals surface area contributed by atoms with Gasteiger partial charge in [-0.1, -0.05) is 56.3 Å². The van der Waals surface area contributed by atoms with Crippen LogP contribution in [0, 0.1) is 6.07 Å². The molecule has 1 aliphatic rings. The SMILES string of the molecule is CCc1[c]ccc(CN2CCN(C(=O)OCc3ccccc3)CC2)c1CC. The van der Waals surface area contributed by atoms with Crippen molar-refractivity contribution in [2.24, 2.45) is 0 Å². The smallest absolute Gasteiger partial charge is 0.410 e. The first-order chi connectivity index (χ1) is 13.2. The van der Waals surface area contributed by atoms with Crippen molar-refractivity contribution in [2.45, 2.75) is 39.8 Å². The second-order valence-corrected chi connectivity index (χ2v) is 6.97. The van der Waals surface area contributed by atoms with Gasteiger partial charge in [-0.15, -0.1) is 0 Å². The van der Waals surface area contributed by atoms with E-state index in [-0.39, 0.29) is 6.09 Å². The predicted octanol–water partition coefficient (Wildman–Crippen LogP) is 4.07. The van der Waals surface area contributed by atoms with Crippen LogP contribution in [0.2, 0.25) is 0 Å². The Hall–Kier alpha value is -2.33. The second-order valence-electron chi connectivity index (χ2n) is 6.97. The summed E-state index contributed by atoms with van der Waals surface area (Å²) in [6.07, 6.45) is 1.86. The number of nitrogens with zero attached hydrogens (tertiary/aromatic N) is 2. The fraction of sp³-hybridized carbons (Fsp3) is 0.435. The maximum absolute atomic E-state index is 12.3. The first kappa shape index (κ1) is 19.4. The molecule has 0 atom stereocenters. The highest BCUT2D eigenvalue weighted by atomic mass is 16.6. The van der Waals surface area contributed by atoms with Crippen LogP contribution in [0.15, 0.2) is 42.5 Å². The molecule has 1 heterocycles. The minimum Gasteiger partial charge on any atom is -0.445 e. The summed E-state index contributed by atoms with van der Waals surface area (Å²) in [6.45, 7) is 8.87. The van der Waals surface area contributed by atoms with Crippen LogP contribution in [0.3, 0.4) is 0 Å². The molecule has 1 radical (unpaired) electrons. The van der Waals surface area contributed by atoms with E-state index in [0.29, 0.717) is 19.7 Å². The zero-order valence-electron chi connectivity index (χ0n) is 16.4. The number of carbonyl (C=O) groups is 1. The quantitative estimate of drug-likeness (QED) is 0.774. The van der Waals surface area contributed by atoms with Crippen LogP contribution in [-0.4, -0.2) is 42.1 Å². The van der Waals surface area contributed by atoms with Crippen molar-refractivity contribution in [3.05, 3.63) is 70.8 Å². The molecule has 0 bridgehead atoms. The summed E-state index contributed by atoms with van der Waals surface area (Å²) in [5.74, 6) is 0. The van der Waals surface area contributed by atoms with Gasteiger partial charge in [-0.2, -0.15) is 0 Å². The Bertz CT molecular complexity index is 737. The van der Waals surface area contributed by atoms with E-state index in [1.165, 1.54) is 16.7 Å². The van der Waals surface area contributed by atoms with E-state index in [1.807, 2.05) is 41.3 Å². The summed E-state index contributed by atoms with van der Waals surface area (Å²) < 4.78 is 5.45. The highest BCUT2D eigenvalue weighted by Gasteiger charge is 2.22. The van der Waals surface area contributed by atoms with Gasteiger partial charge < -0.3 is 9.64 Å². The molecule has 1 fully saturated rings. The standard InChI is InChI=1S/C23H29N2O2/c1-3-20-11-8-12-21(22(20)4-2)17-24-13-15-25(16-14-24)23(26)27-18-19-9-6-5-7-10-19/h5-10,12H,3-4,13-18H2,1-2H3. The number of ether oxygens (including phenoxy) is 1. The third-order valence-corrected chi connectivity index (χ3v) is 5.23. The topological polar surface area (TPSA) is 32.8 Å². The maximum Gasteiger partial charge on any atom is 0.410 e. The van der Waals surface area contributed by atoms with E-state index in [0.717, 1.165) is 38.0 Å². The molecule has 27 heavy (non-hydrogen) atoms. The molecule has 0 saturated carbocycles. The van der Waals surface area contributed by atoms with Crippen molar-refractivity contribution < 1.29 is 9.53 Å². The Labute approximate surface area is 162 Å². The number of piperazine rings is 1. The minimum absolute atomic E-state index is 0.213. The van der Waals surface area contributed by atoms with E-state index < -0.39 is 0 Å². The van der Waals surface area contributed by atoms with Crippen LogP contribution in [-0.2, 0) is 30.7 Å². The van der Waals surface area contributed by atoms with Crippen LogP contribution in [0.25, 0.3) is 0 Å². The highest BCUT2D eigenvalue weighted by molar-refractivity contribution is 5.67. The number of hydrogen-bond donors (Lipinski definition) is 0. The molecule has 3 rings (SSSR count). The number of benzene rings is 2. The number of rotatable bonds is 6. The van der Waals surface area contributed by atoms with E-state index in [4.69, 9.17) is 4.74 Å². The third kappa shape index (κ3) is 5.10. The Morgan fingerprint density at radius 1 is 1.04 bits per heavy atom. The molecular weight excluding hydrogens is 336 g/mol. The molecule has 143 valence electrons. The van der Waals surface area contributed by atoms with Gasteiger partial charge in [-0.05, 0) is 41.2 Å². The van der Waals surface area contributed by atoms with Gasteiger partial charge in [0.25, 0.3) is 0 Å². The van der Waals surface area contributed by atoms with E-state index in [1.54, 1.807) is 0 Å². The van der Waals surface area contributed by atoms with Crippen LogP contribution in [0.1, 0.15) is 36.1 Å². The van der Waals surface area contributed by atoms with E-state index >= 15 is 0 Å².